The van der Waals surface area contributed by atoms with Gasteiger partial charge in [0.25, 0.3) is 0 Å². The highest BCUT2D eigenvalue weighted by atomic mass is 79.9. The first-order chi connectivity index (χ1) is 9.08. The Morgan fingerprint density at radius 2 is 2.16 bits per heavy atom. The van der Waals surface area contributed by atoms with Crippen LogP contribution >= 0.6 is 15.9 Å². The highest BCUT2D eigenvalue weighted by molar-refractivity contribution is 9.10. The van der Waals surface area contributed by atoms with Gasteiger partial charge in [0, 0.05) is 38.0 Å². The average Bonchev–Trinajstić information content (AvgIpc) is 2.41. The molecule has 0 unspecified atom stereocenters. The summed E-state index contributed by atoms with van der Waals surface area (Å²) in [6.07, 6.45) is 2.55. The van der Waals surface area contributed by atoms with Gasteiger partial charge >= 0.3 is 0 Å². The van der Waals surface area contributed by atoms with Crippen molar-refractivity contribution in [3.05, 3.63) is 52.5 Å². The van der Waals surface area contributed by atoms with E-state index in [2.05, 4.69) is 20.9 Å². The van der Waals surface area contributed by atoms with Gasteiger partial charge in [-0.3, -0.25) is 4.98 Å². The number of hydrogen-bond acceptors (Lipinski definition) is 3. The van der Waals surface area contributed by atoms with Crippen LogP contribution in [0.3, 0.4) is 0 Å². The Hall–Kier alpha value is -1.62. The lowest BCUT2D eigenvalue weighted by Gasteiger charge is -2.21. The lowest BCUT2D eigenvalue weighted by atomic mass is 10.2. The SMILES string of the molecule is CN(CCc1ccccn1)c1cc(F)c(Br)cc1N. The van der Waals surface area contributed by atoms with Crippen molar-refractivity contribution in [1.29, 1.82) is 0 Å². The monoisotopic (exact) mass is 323 g/mol. The van der Waals surface area contributed by atoms with Crippen LogP contribution in [0.1, 0.15) is 5.69 Å². The Morgan fingerprint density at radius 3 is 2.84 bits per heavy atom. The zero-order valence-electron chi connectivity index (χ0n) is 10.6. The van der Waals surface area contributed by atoms with Crippen molar-refractivity contribution in [2.24, 2.45) is 0 Å². The number of hydrogen-bond donors (Lipinski definition) is 1. The van der Waals surface area contributed by atoms with E-state index in [1.165, 1.54) is 6.07 Å². The maximum Gasteiger partial charge on any atom is 0.139 e. The highest BCUT2D eigenvalue weighted by Crippen LogP contribution is 2.28. The summed E-state index contributed by atoms with van der Waals surface area (Å²) in [5.41, 5.74) is 8.16. The maximum absolute atomic E-state index is 13.5. The fraction of sp³-hybridized carbons (Fsp3) is 0.214. The van der Waals surface area contributed by atoms with Gasteiger partial charge in [-0.25, -0.2) is 4.39 Å². The number of nitrogens with two attached hydrogens (primary N) is 1. The predicted octanol–water partition coefficient (Wildman–Crippen LogP) is 3.24. The predicted molar refractivity (Wildman–Crippen MR) is 79.7 cm³/mol. The molecule has 2 rings (SSSR count). The number of nitrogen functional groups attached to an aromatic ring is 1. The molecule has 0 atom stereocenters. The second-order valence-corrected chi connectivity index (χ2v) is 5.17. The number of nitrogens with zero attached hydrogens (tertiary/aromatic N) is 2. The molecule has 0 aliphatic carbocycles. The van der Waals surface area contributed by atoms with Gasteiger partial charge in [-0.05, 0) is 34.1 Å². The van der Waals surface area contributed by atoms with E-state index in [0.29, 0.717) is 15.8 Å². The van der Waals surface area contributed by atoms with Gasteiger partial charge < -0.3 is 10.6 Å². The van der Waals surface area contributed by atoms with E-state index in [1.54, 1.807) is 12.3 Å². The topological polar surface area (TPSA) is 42.2 Å². The summed E-state index contributed by atoms with van der Waals surface area (Å²) in [6.45, 7) is 0.724. The average molecular weight is 324 g/mol. The Bertz CT molecular complexity index is 560. The van der Waals surface area contributed by atoms with Crippen molar-refractivity contribution in [2.45, 2.75) is 6.42 Å². The zero-order chi connectivity index (χ0) is 13.8. The van der Waals surface area contributed by atoms with Gasteiger partial charge in [-0.1, -0.05) is 6.07 Å². The number of likely N-dealkylation sites (N-methyl/N-ethyl adjacent to an activating group) is 1. The molecule has 0 saturated carbocycles. The zero-order valence-corrected chi connectivity index (χ0v) is 12.2. The maximum atomic E-state index is 13.5. The number of pyridine rings is 1. The van der Waals surface area contributed by atoms with Crippen molar-refractivity contribution in [3.8, 4) is 0 Å². The largest absolute Gasteiger partial charge is 0.397 e. The summed E-state index contributed by atoms with van der Waals surface area (Å²) in [4.78, 5) is 6.19. The van der Waals surface area contributed by atoms with E-state index in [9.17, 15) is 4.39 Å². The van der Waals surface area contributed by atoms with Crippen LogP contribution in [0.4, 0.5) is 15.8 Å². The van der Waals surface area contributed by atoms with Gasteiger partial charge in [-0.15, -0.1) is 0 Å². The van der Waals surface area contributed by atoms with Gasteiger partial charge in [0.05, 0.1) is 15.8 Å². The normalized spacial score (nSPS) is 10.5. The Morgan fingerprint density at radius 1 is 1.37 bits per heavy atom. The fourth-order valence-electron chi connectivity index (χ4n) is 1.83. The summed E-state index contributed by atoms with van der Waals surface area (Å²) in [5.74, 6) is -0.311. The van der Waals surface area contributed by atoms with E-state index < -0.39 is 0 Å². The molecule has 0 radical (unpaired) electrons. The van der Waals surface area contributed by atoms with Crippen LogP contribution in [-0.2, 0) is 6.42 Å². The van der Waals surface area contributed by atoms with Crippen LogP contribution in [-0.4, -0.2) is 18.6 Å². The van der Waals surface area contributed by atoms with Gasteiger partial charge in [0.1, 0.15) is 5.82 Å². The third-order valence-electron chi connectivity index (χ3n) is 2.91. The van der Waals surface area contributed by atoms with Crippen LogP contribution in [0.5, 0.6) is 0 Å². The molecule has 5 heteroatoms. The van der Waals surface area contributed by atoms with E-state index >= 15 is 0 Å². The molecule has 1 aromatic heterocycles. The molecule has 0 aliphatic rings. The van der Waals surface area contributed by atoms with E-state index in [0.717, 1.165) is 18.7 Å². The number of aromatic nitrogens is 1. The minimum Gasteiger partial charge on any atom is -0.397 e. The third kappa shape index (κ3) is 3.44. The summed E-state index contributed by atoms with van der Waals surface area (Å²) >= 11 is 3.12. The molecule has 0 amide bonds. The molecule has 2 aromatic rings. The quantitative estimate of drug-likeness (QED) is 0.878. The third-order valence-corrected chi connectivity index (χ3v) is 3.52. The fourth-order valence-corrected chi connectivity index (χ4v) is 2.19. The van der Waals surface area contributed by atoms with E-state index in [1.807, 2.05) is 30.1 Å². The number of halogens is 2. The van der Waals surface area contributed by atoms with Gasteiger partial charge in [0.15, 0.2) is 0 Å². The molecular formula is C14H15BrFN3. The molecule has 19 heavy (non-hydrogen) atoms. The first kappa shape index (κ1) is 13.8. The second-order valence-electron chi connectivity index (χ2n) is 4.32. The molecule has 0 bridgehead atoms. The first-order valence-electron chi connectivity index (χ1n) is 5.93. The minimum absolute atomic E-state index is 0.311. The van der Waals surface area contributed by atoms with Crippen LogP contribution in [0, 0.1) is 5.82 Å². The van der Waals surface area contributed by atoms with Crippen LogP contribution in [0.25, 0.3) is 0 Å². The molecule has 0 saturated heterocycles. The Kier molecular flexibility index (Phi) is 4.37. The number of benzene rings is 1. The van der Waals surface area contributed by atoms with Crippen molar-refractivity contribution >= 4 is 27.3 Å². The summed E-state index contributed by atoms with van der Waals surface area (Å²) in [7, 11) is 1.89. The van der Waals surface area contributed by atoms with Crippen LogP contribution in [0.15, 0.2) is 41.0 Å². The number of anilines is 2. The van der Waals surface area contributed by atoms with Crippen molar-refractivity contribution < 1.29 is 4.39 Å². The summed E-state index contributed by atoms with van der Waals surface area (Å²) in [5, 5.41) is 0. The summed E-state index contributed by atoms with van der Waals surface area (Å²) < 4.78 is 13.9. The lowest BCUT2D eigenvalue weighted by Crippen LogP contribution is -2.22. The standard InChI is InChI=1S/C14H15BrFN3/c1-19(7-5-10-4-2-3-6-18-10)14-9-12(16)11(15)8-13(14)17/h2-4,6,8-9H,5,7,17H2,1H3. The Balaban J connectivity index is 2.08. The molecule has 0 spiro atoms. The molecule has 3 nitrogen and oxygen atoms in total. The smallest absolute Gasteiger partial charge is 0.139 e. The molecule has 0 fully saturated rings. The van der Waals surface area contributed by atoms with Gasteiger partial charge in [-0.2, -0.15) is 0 Å². The van der Waals surface area contributed by atoms with E-state index in [-0.39, 0.29) is 5.82 Å². The van der Waals surface area contributed by atoms with Crippen molar-refractivity contribution in [3.63, 3.8) is 0 Å². The first-order valence-corrected chi connectivity index (χ1v) is 6.73. The van der Waals surface area contributed by atoms with Crippen LogP contribution in [0.2, 0.25) is 0 Å². The summed E-state index contributed by atoms with van der Waals surface area (Å²) in [6, 6.07) is 8.84. The van der Waals surface area contributed by atoms with Crippen molar-refractivity contribution in [1.82, 2.24) is 4.98 Å². The molecule has 100 valence electrons. The molecule has 0 aliphatic heterocycles. The lowest BCUT2D eigenvalue weighted by molar-refractivity contribution is 0.620. The number of rotatable bonds is 4. The minimum atomic E-state index is -0.311. The van der Waals surface area contributed by atoms with E-state index in [4.69, 9.17) is 5.73 Å². The Labute approximate surface area is 120 Å². The molecule has 1 aromatic carbocycles. The molecular weight excluding hydrogens is 309 g/mol. The van der Waals surface area contributed by atoms with Crippen molar-refractivity contribution in [2.75, 3.05) is 24.2 Å². The van der Waals surface area contributed by atoms with Gasteiger partial charge in [0.2, 0.25) is 0 Å². The van der Waals surface area contributed by atoms with Crippen LogP contribution < -0.4 is 10.6 Å². The molecule has 1 heterocycles. The second kappa shape index (κ2) is 6.02. The highest BCUT2D eigenvalue weighted by Gasteiger charge is 2.10. The molecule has 2 N–H and O–H groups in total.